The Balaban J connectivity index is 1.63. The number of nitrogens with one attached hydrogen (secondary N) is 1. The third-order valence-electron chi connectivity index (χ3n) is 3.38. The third kappa shape index (κ3) is 5.04. The third-order valence-corrected chi connectivity index (χ3v) is 3.82. The maximum Gasteiger partial charge on any atom is 0.106 e. The molecule has 18 heavy (non-hydrogen) atoms. The number of halogens is 1. The van der Waals surface area contributed by atoms with E-state index in [1.165, 1.54) is 38.8 Å². The highest BCUT2D eigenvalue weighted by atomic mass is 79.9. The smallest absolute Gasteiger partial charge is 0.106 e. The molecule has 0 atom stereocenters. The average Bonchev–Trinajstić information content (AvgIpc) is 2.63. The van der Waals surface area contributed by atoms with Gasteiger partial charge in [-0.3, -0.25) is 0 Å². The Morgan fingerprint density at radius 3 is 2.67 bits per heavy atom. The van der Waals surface area contributed by atoms with Crippen molar-refractivity contribution in [3.05, 3.63) is 28.5 Å². The molecule has 0 aliphatic carbocycles. The van der Waals surface area contributed by atoms with Gasteiger partial charge >= 0.3 is 0 Å². The molecule has 3 nitrogen and oxygen atoms in total. The lowest BCUT2D eigenvalue weighted by molar-refractivity contribution is 0.284. The number of pyridine rings is 1. The first-order valence-corrected chi connectivity index (χ1v) is 7.68. The summed E-state index contributed by atoms with van der Waals surface area (Å²) in [5.74, 6) is 0. The summed E-state index contributed by atoms with van der Waals surface area (Å²) in [5.41, 5.74) is 1.10. The quantitative estimate of drug-likeness (QED) is 0.669. The molecule has 0 bridgehead atoms. The van der Waals surface area contributed by atoms with Crippen LogP contribution >= 0.6 is 15.9 Å². The molecule has 0 aromatic carbocycles. The van der Waals surface area contributed by atoms with Crippen LogP contribution in [0.15, 0.2) is 22.8 Å². The van der Waals surface area contributed by atoms with Gasteiger partial charge in [0.05, 0.1) is 5.69 Å². The van der Waals surface area contributed by atoms with E-state index in [2.05, 4.69) is 37.2 Å². The predicted octanol–water partition coefficient (Wildman–Crippen LogP) is 2.81. The van der Waals surface area contributed by atoms with E-state index in [1.54, 1.807) is 0 Å². The van der Waals surface area contributed by atoms with Crippen LogP contribution in [0.2, 0.25) is 0 Å². The largest absolute Gasteiger partial charge is 0.310 e. The molecule has 1 saturated heterocycles. The number of rotatable bonds is 5. The van der Waals surface area contributed by atoms with Crippen molar-refractivity contribution < 1.29 is 0 Å². The minimum absolute atomic E-state index is 0.854. The molecule has 1 aromatic heterocycles. The van der Waals surface area contributed by atoms with Gasteiger partial charge in [-0.25, -0.2) is 4.98 Å². The van der Waals surface area contributed by atoms with E-state index < -0.39 is 0 Å². The summed E-state index contributed by atoms with van der Waals surface area (Å²) >= 11 is 3.40. The van der Waals surface area contributed by atoms with Gasteiger partial charge in [-0.2, -0.15) is 0 Å². The van der Waals surface area contributed by atoms with Crippen molar-refractivity contribution in [1.29, 1.82) is 0 Å². The van der Waals surface area contributed by atoms with Crippen LogP contribution in [-0.4, -0.2) is 36.1 Å². The van der Waals surface area contributed by atoms with Gasteiger partial charge < -0.3 is 10.2 Å². The summed E-state index contributed by atoms with van der Waals surface area (Å²) in [6.45, 7) is 5.61. The Morgan fingerprint density at radius 1 is 1.17 bits per heavy atom. The van der Waals surface area contributed by atoms with Crippen LogP contribution < -0.4 is 5.32 Å². The molecule has 4 heteroatoms. The van der Waals surface area contributed by atoms with Crippen LogP contribution in [0.3, 0.4) is 0 Å². The van der Waals surface area contributed by atoms with E-state index in [9.17, 15) is 0 Å². The fourth-order valence-corrected chi connectivity index (χ4v) is 2.74. The van der Waals surface area contributed by atoms with E-state index >= 15 is 0 Å². The highest BCUT2D eigenvalue weighted by Gasteiger charge is 2.07. The van der Waals surface area contributed by atoms with Gasteiger partial charge in [-0.05, 0) is 54.0 Å². The SMILES string of the molecule is Brc1cccc(CNCCN2CCCCCC2)n1. The Morgan fingerprint density at radius 2 is 1.94 bits per heavy atom. The molecule has 0 saturated carbocycles. The van der Waals surface area contributed by atoms with Crippen LogP contribution in [0.5, 0.6) is 0 Å². The van der Waals surface area contributed by atoms with Crippen molar-refractivity contribution >= 4 is 15.9 Å². The molecule has 0 spiro atoms. The fraction of sp³-hybridized carbons (Fsp3) is 0.643. The molecule has 0 unspecified atom stereocenters. The van der Waals surface area contributed by atoms with E-state index in [0.29, 0.717) is 0 Å². The van der Waals surface area contributed by atoms with Gasteiger partial charge in [0.25, 0.3) is 0 Å². The second-order valence-electron chi connectivity index (χ2n) is 4.88. The van der Waals surface area contributed by atoms with E-state index in [1.807, 2.05) is 12.1 Å². The molecule has 1 fully saturated rings. The van der Waals surface area contributed by atoms with Crippen molar-refractivity contribution in [2.24, 2.45) is 0 Å². The van der Waals surface area contributed by atoms with Crippen molar-refractivity contribution in [1.82, 2.24) is 15.2 Å². The molecule has 1 aromatic rings. The molecule has 1 aliphatic rings. The molecule has 100 valence electrons. The Kier molecular flexibility index (Phi) is 6.11. The topological polar surface area (TPSA) is 28.2 Å². The fourth-order valence-electron chi connectivity index (χ4n) is 2.36. The van der Waals surface area contributed by atoms with Gasteiger partial charge in [-0.15, -0.1) is 0 Å². The van der Waals surface area contributed by atoms with Crippen molar-refractivity contribution in [2.45, 2.75) is 32.2 Å². The minimum atomic E-state index is 0.854. The Labute approximate surface area is 118 Å². The van der Waals surface area contributed by atoms with Crippen LogP contribution in [0.4, 0.5) is 0 Å². The molecule has 2 rings (SSSR count). The van der Waals surface area contributed by atoms with Gasteiger partial charge in [-0.1, -0.05) is 18.9 Å². The highest BCUT2D eigenvalue weighted by molar-refractivity contribution is 9.10. The molecule has 1 aliphatic heterocycles. The zero-order chi connectivity index (χ0) is 12.6. The first-order chi connectivity index (χ1) is 8.84. The second-order valence-corrected chi connectivity index (χ2v) is 5.70. The average molecular weight is 312 g/mol. The lowest BCUT2D eigenvalue weighted by atomic mass is 10.2. The molecular weight excluding hydrogens is 290 g/mol. The van der Waals surface area contributed by atoms with Gasteiger partial charge in [0.15, 0.2) is 0 Å². The standard InChI is InChI=1S/C14H22BrN3/c15-14-7-5-6-13(17-14)12-16-8-11-18-9-3-1-2-4-10-18/h5-7,16H,1-4,8-12H2. The van der Waals surface area contributed by atoms with E-state index in [4.69, 9.17) is 0 Å². The minimum Gasteiger partial charge on any atom is -0.310 e. The number of hydrogen-bond donors (Lipinski definition) is 1. The number of likely N-dealkylation sites (tertiary alicyclic amines) is 1. The van der Waals surface area contributed by atoms with Crippen LogP contribution in [-0.2, 0) is 6.54 Å². The summed E-state index contributed by atoms with van der Waals surface area (Å²) in [6, 6.07) is 6.05. The van der Waals surface area contributed by atoms with Crippen molar-refractivity contribution in [3.8, 4) is 0 Å². The molecule has 2 heterocycles. The number of aromatic nitrogens is 1. The van der Waals surface area contributed by atoms with Gasteiger partial charge in [0, 0.05) is 19.6 Å². The van der Waals surface area contributed by atoms with Gasteiger partial charge in [0.1, 0.15) is 4.60 Å². The molecule has 1 N–H and O–H groups in total. The van der Waals surface area contributed by atoms with Crippen LogP contribution in [0.25, 0.3) is 0 Å². The highest BCUT2D eigenvalue weighted by Crippen LogP contribution is 2.09. The monoisotopic (exact) mass is 311 g/mol. The molecule has 0 radical (unpaired) electrons. The van der Waals surface area contributed by atoms with Crippen LogP contribution in [0, 0.1) is 0 Å². The summed E-state index contributed by atoms with van der Waals surface area (Å²) in [4.78, 5) is 6.99. The molecule has 0 amide bonds. The summed E-state index contributed by atoms with van der Waals surface area (Å²) < 4.78 is 0.911. The second kappa shape index (κ2) is 7.87. The number of hydrogen-bond acceptors (Lipinski definition) is 3. The zero-order valence-electron chi connectivity index (χ0n) is 10.9. The number of nitrogens with zero attached hydrogens (tertiary/aromatic N) is 2. The Bertz CT molecular complexity index is 349. The maximum atomic E-state index is 4.41. The summed E-state index contributed by atoms with van der Waals surface area (Å²) in [7, 11) is 0. The normalized spacial score (nSPS) is 17.6. The summed E-state index contributed by atoms with van der Waals surface area (Å²) in [6.07, 6.45) is 5.55. The Hall–Kier alpha value is -0.450. The van der Waals surface area contributed by atoms with Crippen molar-refractivity contribution in [2.75, 3.05) is 26.2 Å². The first-order valence-electron chi connectivity index (χ1n) is 6.89. The van der Waals surface area contributed by atoms with E-state index in [0.717, 1.165) is 29.9 Å². The lowest BCUT2D eigenvalue weighted by Gasteiger charge is -2.19. The summed E-state index contributed by atoms with van der Waals surface area (Å²) in [5, 5.41) is 3.47. The maximum absolute atomic E-state index is 4.41. The molecular formula is C14H22BrN3. The van der Waals surface area contributed by atoms with Crippen LogP contribution in [0.1, 0.15) is 31.4 Å². The van der Waals surface area contributed by atoms with E-state index in [-0.39, 0.29) is 0 Å². The first kappa shape index (κ1) is 14.0. The van der Waals surface area contributed by atoms with Gasteiger partial charge in [0.2, 0.25) is 0 Å². The van der Waals surface area contributed by atoms with Crippen molar-refractivity contribution in [3.63, 3.8) is 0 Å². The lowest BCUT2D eigenvalue weighted by Crippen LogP contribution is -2.32. The zero-order valence-corrected chi connectivity index (χ0v) is 12.5. The predicted molar refractivity (Wildman–Crippen MR) is 78.6 cm³/mol.